The highest BCUT2D eigenvalue weighted by Gasteiger charge is 2.40. The van der Waals surface area contributed by atoms with Crippen LogP contribution in [0.3, 0.4) is 0 Å². The molecule has 222 valence electrons. The maximum Gasteiger partial charge on any atom is 0.320 e. The van der Waals surface area contributed by atoms with Crippen LogP contribution in [0.25, 0.3) is 10.2 Å². The van der Waals surface area contributed by atoms with E-state index in [4.69, 9.17) is 14.5 Å². The Balaban J connectivity index is 1.32. The van der Waals surface area contributed by atoms with E-state index in [1.54, 1.807) is 19.9 Å². The van der Waals surface area contributed by atoms with Crippen molar-refractivity contribution < 1.29 is 33.0 Å². The van der Waals surface area contributed by atoms with Crippen molar-refractivity contribution in [2.75, 3.05) is 18.5 Å². The molecule has 5 amide bonds. The number of thiazole rings is 1. The van der Waals surface area contributed by atoms with Crippen LogP contribution >= 0.6 is 11.3 Å². The summed E-state index contributed by atoms with van der Waals surface area (Å²) in [6, 6.07) is 4.90. The number of urea groups is 1. The van der Waals surface area contributed by atoms with Gasteiger partial charge in [0.2, 0.25) is 11.8 Å². The van der Waals surface area contributed by atoms with Gasteiger partial charge >= 0.3 is 6.03 Å². The first-order valence-electron chi connectivity index (χ1n) is 13.8. The van der Waals surface area contributed by atoms with Crippen LogP contribution < -0.4 is 25.4 Å². The summed E-state index contributed by atoms with van der Waals surface area (Å²) in [6.45, 7) is 8.36. The van der Waals surface area contributed by atoms with Crippen molar-refractivity contribution >= 4 is 51.0 Å². The number of halogens is 1. The number of carbonyl (C=O) groups is 4. The van der Waals surface area contributed by atoms with E-state index in [0.29, 0.717) is 35.2 Å². The number of nitrogens with zero attached hydrogens (tertiary/aromatic N) is 2. The van der Waals surface area contributed by atoms with Gasteiger partial charge in [-0.3, -0.25) is 19.7 Å². The van der Waals surface area contributed by atoms with Gasteiger partial charge in [0.05, 0.1) is 35.7 Å². The molecule has 1 saturated heterocycles. The number of anilines is 1. The molecule has 1 aromatic heterocycles. The predicted molar refractivity (Wildman–Crippen MR) is 154 cm³/mol. The summed E-state index contributed by atoms with van der Waals surface area (Å²) in [5, 5.41) is 8.23. The van der Waals surface area contributed by atoms with Gasteiger partial charge < -0.3 is 25.0 Å². The molecule has 2 aromatic carbocycles. The second-order valence-corrected chi connectivity index (χ2v) is 11.7. The first kappa shape index (κ1) is 29.2. The molecule has 3 aromatic rings. The molecule has 42 heavy (non-hydrogen) atoms. The molecule has 11 nitrogen and oxygen atoms in total. The van der Waals surface area contributed by atoms with Crippen LogP contribution in [0.5, 0.6) is 11.5 Å². The van der Waals surface area contributed by atoms with Gasteiger partial charge in [-0.1, -0.05) is 6.92 Å². The average molecular weight is 598 g/mol. The lowest BCUT2D eigenvalue weighted by Crippen LogP contribution is -2.52. The molecule has 1 unspecified atom stereocenters. The Hall–Kier alpha value is -4.26. The fourth-order valence-electron chi connectivity index (χ4n) is 5.01. The molecule has 3 N–H and O–H groups in total. The SMILES string of the molecule is CCCOc1cc(OCC)cc2sc(C(C)(C)NC(=O)Nc3ccc4c(c3F)CN(C3CCC(=O)NC3=O)C4=O)nc12. The number of nitrogens with one attached hydrogen (secondary N) is 3. The van der Waals surface area contributed by atoms with Gasteiger partial charge in [-0.15, -0.1) is 11.3 Å². The summed E-state index contributed by atoms with van der Waals surface area (Å²) in [5.74, 6) is -0.983. The summed E-state index contributed by atoms with van der Waals surface area (Å²) in [7, 11) is 0. The molecule has 1 fully saturated rings. The number of aromatic nitrogens is 1. The van der Waals surface area contributed by atoms with Gasteiger partial charge in [-0.05, 0) is 51.8 Å². The normalized spacial score (nSPS) is 16.8. The van der Waals surface area contributed by atoms with Crippen LogP contribution in [0.15, 0.2) is 24.3 Å². The number of imide groups is 1. The lowest BCUT2D eigenvalue weighted by molar-refractivity contribution is -0.136. The number of hydrogen-bond donors (Lipinski definition) is 3. The first-order chi connectivity index (χ1) is 20.0. The summed E-state index contributed by atoms with van der Waals surface area (Å²) in [5.41, 5.74) is -0.186. The highest BCUT2D eigenvalue weighted by Crippen LogP contribution is 2.38. The number of hydrogen-bond acceptors (Lipinski definition) is 8. The van der Waals surface area contributed by atoms with Crippen molar-refractivity contribution in [1.29, 1.82) is 0 Å². The summed E-state index contributed by atoms with van der Waals surface area (Å²) >= 11 is 1.39. The fourth-order valence-corrected chi connectivity index (χ4v) is 6.08. The highest BCUT2D eigenvalue weighted by molar-refractivity contribution is 7.18. The van der Waals surface area contributed by atoms with E-state index in [0.717, 1.165) is 11.1 Å². The van der Waals surface area contributed by atoms with E-state index >= 15 is 4.39 Å². The first-order valence-corrected chi connectivity index (χ1v) is 14.6. The monoisotopic (exact) mass is 597 g/mol. The molecule has 3 heterocycles. The molecule has 0 bridgehead atoms. The number of piperidine rings is 1. The predicted octanol–water partition coefficient (Wildman–Crippen LogP) is 4.44. The van der Waals surface area contributed by atoms with Crippen molar-refractivity contribution in [3.63, 3.8) is 0 Å². The van der Waals surface area contributed by atoms with Crippen LogP contribution in [0.2, 0.25) is 0 Å². The van der Waals surface area contributed by atoms with Gasteiger partial charge in [0.25, 0.3) is 5.91 Å². The standard InChI is InChI=1S/C29H32FN5O6S/c1-5-11-41-20-12-15(40-6-2)13-21-24(20)33-27(42-21)29(3,4)34-28(39)31-18-8-7-16-17(23(18)30)14-35(26(16)38)19-9-10-22(36)32-25(19)37/h7-8,12-13,19H,5-6,9-11,14H2,1-4H3,(H2,31,34,39)(H,32,36,37). The zero-order valence-corrected chi connectivity index (χ0v) is 24.6. The van der Waals surface area contributed by atoms with Crippen LogP contribution in [0.1, 0.15) is 67.9 Å². The van der Waals surface area contributed by atoms with E-state index in [1.807, 2.05) is 19.9 Å². The second kappa shape index (κ2) is 11.6. The molecule has 0 saturated carbocycles. The van der Waals surface area contributed by atoms with Crippen LogP contribution in [0.4, 0.5) is 14.9 Å². The second-order valence-electron chi connectivity index (χ2n) is 10.6. The van der Waals surface area contributed by atoms with Crippen molar-refractivity contribution in [2.24, 2.45) is 0 Å². The largest absolute Gasteiger partial charge is 0.494 e. The Labute approximate surface area is 245 Å². The Morgan fingerprint density at radius 1 is 1.21 bits per heavy atom. The molecular weight excluding hydrogens is 565 g/mol. The number of rotatable bonds is 9. The van der Waals surface area contributed by atoms with E-state index in [9.17, 15) is 19.2 Å². The van der Waals surface area contributed by atoms with Crippen LogP contribution in [-0.2, 0) is 21.7 Å². The van der Waals surface area contributed by atoms with Crippen molar-refractivity contribution in [1.82, 2.24) is 20.5 Å². The Kier molecular flexibility index (Phi) is 8.04. The maximum absolute atomic E-state index is 15.5. The Morgan fingerprint density at radius 3 is 2.71 bits per heavy atom. The van der Waals surface area contributed by atoms with Crippen LogP contribution in [-0.4, -0.2) is 52.9 Å². The van der Waals surface area contributed by atoms with Gasteiger partial charge in [0, 0.05) is 23.6 Å². The third-order valence-electron chi connectivity index (χ3n) is 7.06. The molecule has 0 spiro atoms. The molecule has 0 aliphatic carbocycles. The number of fused-ring (bicyclic) bond motifs is 2. The highest BCUT2D eigenvalue weighted by atomic mass is 32.1. The van der Waals surface area contributed by atoms with E-state index < -0.39 is 41.2 Å². The van der Waals surface area contributed by atoms with Crippen molar-refractivity contribution in [3.8, 4) is 11.5 Å². The Bertz CT molecular complexity index is 1590. The minimum atomic E-state index is -0.937. The summed E-state index contributed by atoms with van der Waals surface area (Å²) < 4.78 is 28.0. The minimum absolute atomic E-state index is 0.0812. The zero-order valence-electron chi connectivity index (χ0n) is 23.8. The average Bonchev–Trinajstić information content (AvgIpc) is 3.51. The number of ether oxygens (including phenoxy) is 2. The zero-order chi connectivity index (χ0) is 30.2. The Morgan fingerprint density at radius 2 is 2.00 bits per heavy atom. The maximum atomic E-state index is 15.5. The molecule has 2 aliphatic rings. The quantitative estimate of drug-likeness (QED) is 0.310. The minimum Gasteiger partial charge on any atom is -0.494 e. The smallest absolute Gasteiger partial charge is 0.320 e. The van der Waals surface area contributed by atoms with E-state index in [-0.39, 0.29) is 36.2 Å². The third-order valence-corrected chi connectivity index (χ3v) is 8.39. The van der Waals surface area contributed by atoms with Crippen LogP contribution in [0, 0.1) is 5.82 Å². The third kappa shape index (κ3) is 5.60. The lowest BCUT2D eigenvalue weighted by Gasteiger charge is -2.29. The van der Waals surface area contributed by atoms with E-state index in [2.05, 4.69) is 16.0 Å². The molecule has 13 heteroatoms. The van der Waals surface area contributed by atoms with Crippen molar-refractivity contribution in [3.05, 3.63) is 46.2 Å². The summed E-state index contributed by atoms with van der Waals surface area (Å²) in [6.07, 6.45) is 1.09. The van der Waals surface area contributed by atoms with Gasteiger partial charge in [0.15, 0.2) is 5.82 Å². The van der Waals surface area contributed by atoms with E-state index in [1.165, 1.54) is 28.4 Å². The molecular formula is C29H32FN5O6S. The number of amides is 5. The van der Waals surface area contributed by atoms with Gasteiger partial charge in [0.1, 0.15) is 28.1 Å². The number of carbonyl (C=O) groups excluding carboxylic acids is 4. The number of benzene rings is 2. The van der Waals surface area contributed by atoms with Crippen molar-refractivity contribution in [2.45, 2.75) is 65.1 Å². The molecule has 5 rings (SSSR count). The fraction of sp³-hybridized carbons (Fsp3) is 0.414. The van der Waals surface area contributed by atoms with Gasteiger partial charge in [-0.2, -0.15) is 0 Å². The molecule has 1 atom stereocenters. The molecule has 2 aliphatic heterocycles. The summed E-state index contributed by atoms with van der Waals surface area (Å²) in [4.78, 5) is 55.8. The molecule has 0 radical (unpaired) electrons. The van der Waals surface area contributed by atoms with Gasteiger partial charge in [-0.25, -0.2) is 14.2 Å². The topological polar surface area (TPSA) is 139 Å². The lowest BCUT2D eigenvalue weighted by atomic mass is 10.0.